The molecule has 33 heavy (non-hydrogen) atoms. The van der Waals surface area contributed by atoms with Gasteiger partial charge in [0.05, 0.1) is 16.6 Å². The van der Waals surface area contributed by atoms with Gasteiger partial charge in [0, 0.05) is 41.4 Å². The molecule has 0 bridgehead atoms. The predicted molar refractivity (Wildman–Crippen MR) is 123 cm³/mol. The first-order chi connectivity index (χ1) is 15.8. The fourth-order valence-corrected chi connectivity index (χ4v) is 4.70. The van der Waals surface area contributed by atoms with Crippen molar-refractivity contribution in [3.05, 3.63) is 98.4 Å². The Balaban J connectivity index is 1.83. The number of carbonyl (C=O) groups is 2. The number of nitrogens with zero attached hydrogens (tertiary/aromatic N) is 1. The van der Waals surface area contributed by atoms with Crippen LogP contribution < -0.4 is 5.32 Å². The van der Waals surface area contributed by atoms with Crippen molar-refractivity contribution < 1.29 is 19.2 Å². The number of esters is 1. The van der Waals surface area contributed by atoms with E-state index < -0.39 is 16.8 Å². The van der Waals surface area contributed by atoms with Crippen LogP contribution in [0.1, 0.15) is 56.6 Å². The smallest absolute Gasteiger partial charge is 0.337 e. The van der Waals surface area contributed by atoms with Gasteiger partial charge < -0.3 is 10.1 Å². The molecule has 0 saturated carbocycles. The van der Waals surface area contributed by atoms with Crippen LogP contribution in [-0.2, 0) is 14.3 Å². The van der Waals surface area contributed by atoms with Gasteiger partial charge in [-0.3, -0.25) is 14.9 Å². The standard InChI is InChI=1S/C26H26N2O5/c1-15(2)33-26(30)23-16(3)27-21-13-19(17-8-5-4-6-9-17)14-22(29)25(21)24(23)18-10-7-11-20(12-18)28(31)32/h4-12,15,19,24,27H,13-14H2,1-3H3/t19-,24+/m0/s1. The van der Waals surface area contributed by atoms with Gasteiger partial charge in [0.15, 0.2) is 5.78 Å². The number of nitro groups is 1. The normalized spacial score (nSPS) is 20.4. The summed E-state index contributed by atoms with van der Waals surface area (Å²) in [4.78, 5) is 37.5. The Labute approximate surface area is 192 Å². The zero-order chi connectivity index (χ0) is 23.7. The second kappa shape index (κ2) is 9.02. The molecule has 0 amide bonds. The van der Waals surface area contributed by atoms with E-state index in [4.69, 9.17) is 4.74 Å². The molecule has 0 radical (unpaired) electrons. The highest BCUT2D eigenvalue weighted by Crippen LogP contribution is 2.46. The summed E-state index contributed by atoms with van der Waals surface area (Å²) < 4.78 is 5.49. The van der Waals surface area contributed by atoms with Gasteiger partial charge in [-0.15, -0.1) is 0 Å². The highest BCUT2D eigenvalue weighted by atomic mass is 16.6. The maximum Gasteiger partial charge on any atom is 0.337 e. The molecule has 1 aliphatic heterocycles. The quantitative estimate of drug-likeness (QED) is 0.398. The van der Waals surface area contributed by atoms with Crippen LogP contribution in [0.25, 0.3) is 0 Å². The van der Waals surface area contributed by atoms with Crippen LogP contribution in [0.5, 0.6) is 0 Å². The Morgan fingerprint density at radius 3 is 2.45 bits per heavy atom. The number of ketones is 1. The minimum atomic E-state index is -0.725. The van der Waals surface area contributed by atoms with E-state index in [-0.39, 0.29) is 23.5 Å². The maximum absolute atomic E-state index is 13.5. The fourth-order valence-electron chi connectivity index (χ4n) is 4.70. The lowest BCUT2D eigenvalue weighted by molar-refractivity contribution is -0.384. The molecule has 1 heterocycles. The van der Waals surface area contributed by atoms with E-state index >= 15 is 0 Å². The van der Waals surface area contributed by atoms with Gasteiger partial charge >= 0.3 is 5.97 Å². The molecule has 2 atom stereocenters. The van der Waals surface area contributed by atoms with Crippen LogP contribution in [0.15, 0.2) is 77.1 Å². The van der Waals surface area contributed by atoms with E-state index in [1.807, 2.05) is 30.3 Å². The van der Waals surface area contributed by atoms with E-state index in [1.54, 1.807) is 32.9 Å². The summed E-state index contributed by atoms with van der Waals surface area (Å²) in [5.74, 6) is -1.31. The summed E-state index contributed by atoms with van der Waals surface area (Å²) >= 11 is 0. The third kappa shape index (κ3) is 4.44. The first-order valence-electron chi connectivity index (χ1n) is 11.0. The first-order valence-corrected chi connectivity index (χ1v) is 11.0. The van der Waals surface area contributed by atoms with Crippen molar-refractivity contribution in [3.8, 4) is 0 Å². The van der Waals surface area contributed by atoms with Gasteiger partial charge in [0.1, 0.15) is 0 Å². The number of dihydropyridines is 1. The van der Waals surface area contributed by atoms with Crippen molar-refractivity contribution in [1.82, 2.24) is 5.32 Å². The van der Waals surface area contributed by atoms with Crippen molar-refractivity contribution >= 4 is 17.4 Å². The summed E-state index contributed by atoms with van der Waals surface area (Å²) in [5, 5.41) is 14.7. The van der Waals surface area contributed by atoms with Crippen molar-refractivity contribution in [1.29, 1.82) is 0 Å². The Bertz CT molecular complexity index is 1180. The van der Waals surface area contributed by atoms with Gasteiger partial charge in [-0.25, -0.2) is 4.79 Å². The zero-order valence-electron chi connectivity index (χ0n) is 18.8. The molecule has 4 rings (SSSR count). The largest absolute Gasteiger partial charge is 0.460 e. The van der Waals surface area contributed by atoms with Crippen LogP contribution in [0.4, 0.5) is 5.69 Å². The average molecular weight is 447 g/mol. The van der Waals surface area contributed by atoms with E-state index in [2.05, 4.69) is 5.32 Å². The third-order valence-corrected chi connectivity index (χ3v) is 6.08. The lowest BCUT2D eigenvalue weighted by Gasteiger charge is -2.36. The van der Waals surface area contributed by atoms with Gasteiger partial charge in [0.25, 0.3) is 5.69 Å². The van der Waals surface area contributed by atoms with Crippen LogP contribution in [0, 0.1) is 10.1 Å². The zero-order valence-corrected chi connectivity index (χ0v) is 18.8. The van der Waals surface area contributed by atoms with E-state index in [0.717, 1.165) is 11.3 Å². The van der Waals surface area contributed by atoms with Crippen molar-refractivity contribution in [2.24, 2.45) is 0 Å². The molecule has 7 nitrogen and oxygen atoms in total. The number of nitrogens with one attached hydrogen (secondary N) is 1. The lowest BCUT2D eigenvalue weighted by Crippen LogP contribution is -2.36. The summed E-state index contributed by atoms with van der Waals surface area (Å²) in [6, 6.07) is 16.0. The number of hydrogen-bond donors (Lipinski definition) is 1. The number of hydrogen-bond acceptors (Lipinski definition) is 6. The number of carbonyl (C=O) groups excluding carboxylic acids is 2. The highest BCUT2D eigenvalue weighted by Gasteiger charge is 2.41. The molecule has 7 heteroatoms. The minimum Gasteiger partial charge on any atom is -0.460 e. The third-order valence-electron chi connectivity index (χ3n) is 6.08. The van der Waals surface area contributed by atoms with E-state index in [0.29, 0.717) is 35.2 Å². The van der Waals surface area contributed by atoms with Crippen LogP contribution in [0.3, 0.4) is 0 Å². The second-order valence-electron chi connectivity index (χ2n) is 8.73. The number of ether oxygens (including phenoxy) is 1. The molecule has 0 aromatic heterocycles. The lowest BCUT2D eigenvalue weighted by atomic mass is 9.71. The molecule has 2 aromatic carbocycles. The highest BCUT2D eigenvalue weighted by molar-refractivity contribution is 6.04. The van der Waals surface area contributed by atoms with Crippen molar-refractivity contribution in [2.75, 3.05) is 0 Å². The number of benzene rings is 2. The van der Waals surface area contributed by atoms with Crippen molar-refractivity contribution in [2.45, 2.75) is 51.6 Å². The van der Waals surface area contributed by atoms with Crippen molar-refractivity contribution in [3.63, 3.8) is 0 Å². The first kappa shape index (κ1) is 22.5. The van der Waals surface area contributed by atoms with Crippen LogP contribution in [0.2, 0.25) is 0 Å². The summed E-state index contributed by atoms with van der Waals surface area (Å²) in [7, 11) is 0. The molecule has 0 unspecified atom stereocenters. The Morgan fingerprint density at radius 1 is 1.09 bits per heavy atom. The van der Waals surface area contributed by atoms with Gasteiger partial charge in [-0.1, -0.05) is 42.5 Å². The molecule has 2 aliphatic rings. The van der Waals surface area contributed by atoms with Gasteiger partial charge in [-0.05, 0) is 44.2 Å². The molecule has 1 aliphatic carbocycles. The number of non-ortho nitro benzene ring substituents is 1. The number of nitro benzene ring substituents is 1. The molecular weight excluding hydrogens is 420 g/mol. The molecular formula is C26H26N2O5. The summed E-state index contributed by atoms with van der Waals surface area (Å²) in [5.41, 5.74) is 3.68. The average Bonchev–Trinajstić information content (AvgIpc) is 2.78. The van der Waals surface area contributed by atoms with Crippen LogP contribution in [-0.4, -0.2) is 22.8 Å². The Morgan fingerprint density at radius 2 is 1.79 bits per heavy atom. The Hall–Kier alpha value is -3.74. The molecule has 0 fully saturated rings. The predicted octanol–water partition coefficient (Wildman–Crippen LogP) is 4.91. The monoisotopic (exact) mass is 446 g/mol. The fraction of sp³-hybridized carbons (Fsp3) is 0.308. The van der Waals surface area contributed by atoms with E-state index in [1.165, 1.54) is 12.1 Å². The number of rotatable bonds is 5. The van der Waals surface area contributed by atoms with Gasteiger partial charge in [-0.2, -0.15) is 0 Å². The topological polar surface area (TPSA) is 98.5 Å². The number of Topliss-reactive ketones (excluding diaryl/α,β-unsaturated/α-hetero) is 1. The molecule has 2 aromatic rings. The minimum absolute atomic E-state index is 0.0210. The number of allylic oxidation sites excluding steroid dienone is 3. The molecule has 1 N–H and O–H groups in total. The summed E-state index contributed by atoms with van der Waals surface area (Å²) in [6.45, 7) is 5.29. The van der Waals surface area contributed by atoms with Gasteiger partial charge in [0.2, 0.25) is 0 Å². The Kier molecular flexibility index (Phi) is 6.14. The molecule has 0 spiro atoms. The maximum atomic E-state index is 13.5. The van der Waals surface area contributed by atoms with Crippen LogP contribution >= 0.6 is 0 Å². The van der Waals surface area contributed by atoms with E-state index in [9.17, 15) is 19.7 Å². The molecule has 0 saturated heterocycles. The summed E-state index contributed by atoms with van der Waals surface area (Å²) in [6.07, 6.45) is 0.574. The second-order valence-corrected chi connectivity index (χ2v) is 8.73. The SMILES string of the molecule is CC1=C(C(=O)OC(C)C)[C@@H](c2cccc([N+](=O)[O-])c2)C2=C(C[C@H](c3ccccc3)CC2=O)N1. The molecule has 170 valence electrons.